The van der Waals surface area contributed by atoms with Crippen LogP contribution in [0.5, 0.6) is 0 Å². The van der Waals surface area contributed by atoms with Gasteiger partial charge in [0.15, 0.2) is 0 Å². The van der Waals surface area contributed by atoms with Gasteiger partial charge >= 0.3 is 0 Å². The smallest absolute Gasteiger partial charge is 0.0348 e. The molecule has 2 heteroatoms. The molecular formula is C10H18ClN. The van der Waals surface area contributed by atoms with Crippen LogP contribution >= 0.6 is 11.6 Å². The van der Waals surface area contributed by atoms with E-state index in [9.17, 15) is 0 Å². The molecule has 2 fully saturated rings. The molecule has 3 unspecified atom stereocenters. The van der Waals surface area contributed by atoms with Crippen LogP contribution in [0.3, 0.4) is 0 Å². The maximum atomic E-state index is 5.60. The fourth-order valence-corrected chi connectivity index (χ4v) is 3.11. The summed E-state index contributed by atoms with van der Waals surface area (Å²) in [5.41, 5.74) is 0. The molecular weight excluding hydrogens is 170 g/mol. The average Bonchev–Trinajstić information content (AvgIpc) is 2.65. The van der Waals surface area contributed by atoms with Gasteiger partial charge in [0.05, 0.1) is 0 Å². The first kappa shape index (κ1) is 8.83. The van der Waals surface area contributed by atoms with Gasteiger partial charge in [-0.15, -0.1) is 11.6 Å². The van der Waals surface area contributed by atoms with Crippen molar-refractivity contribution in [3.05, 3.63) is 0 Å². The molecule has 0 aromatic rings. The van der Waals surface area contributed by atoms with Gasteiger partial charge in [0, 0.05) is 12.4 Å². The van der Waals surface area contributed by atoms with Crippen molar-refractivity contribution in [2.45, 2.75) is 25.7 Å². The summed E-state index contributed by atoms with van der Waals surface area (Å²) in [5.74, 6) is 3.86. The van der Waals surface area contributed by atoms with E-state index in [0.29, 0.717) is 0 Å². The molecule has 0 radical (unpaired) electrons. The van der Waals surface area contributed by atoms with Crippen LogP contribution in [-0.4, -0.2) is 19.0 Å². The molecule has 0 heterocycles. The van der Waals surface area contributed by atoms with Gasteiger partial charge in [0.2, 0.25) is 0 Å². The first-order valence-electron chi connectivity index (χ1n) is 5.17. The second kappa shape index (κ2) is 3.97. The van der Waals surface area contributed by atoms with Gasteiger partial charge < -0.3 is 5.32 Å². The lowest BCUT2D eigenvalue weighted by Gasteiger charge is -2.21. The molecule has 2 bridgehead atoms. The van der Waals surface area contributed by atoms with Crippen LogP contribution in [0.1, 0.15) is 25.7 Å². The van der Waals surface area contributed by atoms with E-state index in [2.05, 4.69) is 5.32 Å². The number of alkyl halides is 1. The molecule has 2 aliphatic carbocycles. The molecule has 0 amide bonds. The quantitative estimate of drug-likeness (QED) is 0.526. The normalized spacial score (nSPS) is 39.2. The van der Waals surface area contributed by atoms with E-state index >= 15 is 0 Å². The predicted octanol–water partition coefficient (Wildman–Crippen LogP) is 2.25. The number of fused-ring (bicyclic) bond motifs is 2. The van der Waals surface area contributed by atoms with Crippen LogP contribution < -0.4 is 5.32 Å². The third-order valence-corrected chi connectivity index (χ3v) is 3.75. The summed E-state index contributed by atoms with van der Waals surface area (Å²) < 4.78 is 0. The van der Waals surface area contributed by atoms with E-state index in [-0.39, 0.29) is 0 Å². The molecule has 1 N–H and O–H groups in total. The molecule has 0 spiro atoms. The molecule has 2 saturated carbocycles. The highest BCUT2D eigenvalue weighted by atomic mass is 35.5. The molecule has 0 aliphatic heterocycles. The molecule has 3 atom stereocenters. The summed E-state index contributed by atoms with van der Waals surface area (Å²) in [4.78, 5) is 0. The average molecular weight is 188 g/mol. The number of halogens is 1. The molecule has 2 rings (SSSR count). The van der Waals surface area contributed by atoms with Gasteiger partial charge in [-0.2, -0.15) is 0 Å². The summed E-state index contributed by atoms with van der Waals surface area (Å²) in [6, 6.07) is 0. The lowest BCUT2D eigenvalue weighted by molar-refractivity contribution is 0.321. The Hall–Kier alpha value is 0.250. The minimum absolute atomic E-state index is 0.751. The molecule has 1 nitrogen and oxygen atoms in total. The topological polar surface area (TPSA) is 12.0 Å². The summed E-state index contributed by atoms with van der Waals surface area (Å²) in [5, 5.41) is 3.43. The first-order valence-corrected chi connectivity index (χ1v) is 5.70. The van der Waals surface area contributed by atoms with Gasteiger partial charge in [0.25, 0.3) is 0 Å². The summed E-state index contributed by atoms with van der Waals surface area (Å²) in [6.07, 6.45) is 6.02. The van der Waals surface area contributed by atoms with E-state index in [4.69, 9.17) is 11.6 Å². The standard InChI is InChI=1S/C10H18ClN/c11-3-4-12-7-10-6-8-1-2-9(10)5-8/h8-10,12H,1-7H2. The fraction of sp³-hybridized carbons (Fsp3) is 1.00. The third kappa shape index (κ3) is 1.77. The van der Waals surface area contributed by atoms with Crippen LogP contribution in [0.4, 0.5) is 0 Å². The molecule has 2 aliphatic rings. The number of hydrogen-bond donors (Lipinski definition) is 1. The Labute approximate surface area is 79.9 Å². The molecule has 0 aromatic carbocycles. The SMILES string of the molecule is ClCCNCC1CC2CCC1C2. The van der Waals surface area contributed by atoms with E-state index in [1.807, 2.05) is 0 Å². The highest BCUT2D eigenvalue weighted by molar-refractivity contribution is 6.18. The minimum Gasteiger partial charge on any atom is -0.315 e. The van der Waals surface area contributed by atoms with Crippen LogP contribution in [0.25, 0.3) is 0 Å². The maximum Gasteiger partial charge on any atom is 0.0348 e. The van der Waals surface area contributed by atoms with Crippen molar-refractivity contribution in [2.75, 3.05) is 19.0 Å². The zero-order chi connectivity index (χ0) is 8.39. The van der Waals surface area contributed by atoms with E-state index in [0.717, 1.165) is 30.2 Å². The molecule has 0 aromatic heterocycles. The highest BCUT2D eigenvalue weighted by Gasteiger charge is 2.38. The maximum absolute atomic E-state index is 5.60. The Morgan fingerprint density at radius 2 is 2.17 bits per heavy atom. The van der Waals surface area contributed by atoms with Gasteiger partial charge in [-0.05, 0) is 43.6 Å². The zero-order valence-electron chi connectivity index (χ0n) is 7.56. The van der Waals surface area contributed by atoms with Crippen molar-refractivity contribution < 1.29 is 0 Å². The van der Waals surface area contributed by atoms with Gasteiger partial charge in [0.1, 0.15) is 0 Å². The van der Waals surface area contributed by atoms with Crippen LogP contribution in [-0.2, 0) is 0 Å². The van der Waals surface area contributed by atoms with Gasteiger partial charge in [-0.3, -0.25) is 0 Å². The largest absolute Gasteiger partial charge is 0.315 e. The predicted molar refractivity (Wildman–Crippen MR) is 52.5 cm³/mol. The Morgan fingerprint density at radius 1 is 1.25 bits per heavy atom. The van der Waals surface area contributed by atoms with Gasteiger partial charge in [-0.25, -0.2) is 0 Å². The van der Waals surface area contributed by atoms with Gasteiger partial charge in [-0.1, -0.05) is 6.42 Å². The summed E-state index contributed by atoms with van der Waals surface area (Å²) in [6.45, 7) is 2.20. The van der Waals surface area contributed by atoms with Crippen LogP contribution in [0, 0.1) is 17.8 Å². The number of rotatable bonds is 4. The van der Waals surface area contributed by atoms with Crippen LogP contribution in [0.2, 0.25) is 0 Å². The Balaban J connectivity index is 1.69. The Bertz CT molecular complexity index is 149. The Morgan fingerprint density at radius 3 is 2.75 bits per heavy atom. The van der Waals surface area contributed by atoms with Crippen molar-refractivity contribution in [1.29, 1.82) is 0 Å². The minimum atomic E-state index is 0.751. The highest BCUT2D eigenvalue weighted by Crippen LogP contribution is 2.47. The third-order valence-electron chi connectivity index (χ3n) is 3.56. The second-order valence-electron chi connectivity index (χ2n) is 4.33. The van der Waals surface area contributed by atoms with E-state index < -0.39 is 0 Å². The van der Waals surface area contributed by atoms with Crippen molar-refractivity contribution in [2.24, 2.45) is 17.8 Å². The van der Waals surface area contributed by atoms with Crippen molar-refractivity contribution >= 4 is 11.6 Å². The lowest BCUT2D eigenvalue weighted by atomic mass is 9.89. The first-order chi connectivity index (χ1) is 5.90. The van der Waals surface area contributed by atoms with Crippen molar-refractivity contribution in [1.82, 2.24) is 5.32 Å². The number of hydrogen-bond acceptors (Lipinski definition) is 1. The molecule has 12 heavy (non-hydrogen) atoms. The van der Waals surface area contributed by atoms with Crippen molar-refractivity contribution in [3.63, 3.8) is 0 Å². The monoisotopic (exact) mass is 187 g/mol. The fourth-order valence-electron chi connectivity index (χ4n) is 2.98. The zero-order valence-corrected chi connectivity index (χ0v) is 8.32. The van der Waals surface area contributed by atoms with E-state index in [1.165, 1.54) is 32.2 Å². The number of nitrogens with one attached hydrogen (secondary N) is 1. The lowest BCUT2D eigenvalue weighted by Crippen LogP contribution is -2.27. The summed E-state index contributed by atoms with van der Waals surface area (Å²) >= 11 is 5.60. The molecule has 0 saturated heterocycles. The molecule has 70 valence electrons. The summed E-state index contributed by atoms with van der Waals surface area (Å²) in [7, 11) is 0. The van der Waals surface area contributed by atoms with E-state index in [1.54, 1.807) is 0 Å². The Kier molecular flexibility index (Phi) is 2.92. The second-order valence-corrected chi connectivity index (χ2v) is 4.71. The van der Waals surface area contributed by atoms with Crippen LogP contribution in [0.15, 0.2) is 0 Å². The van der Waals surface area contributed by atoms with Crippen molar-refractivity contribution in [3.8, 4) is 0 Å².